The van der Waals surface area contributed by atoms with E-state index in [4.69, 9.17) is 16.0 Å². The van der Waals surface area contributed by atoms with E-state index in [1.54, 1.807) is 37.3 Å². The van der Waals surface area contributed by atoms with Crippen molar-refractivity contribution in [2.24, 2.45) is 0 Å². The van der Waals surface area contributed by atoms with E-state index in [0.717, 1.165) is 41.8 Å². The van der Waals surface area contributed by atoms with E-state index in [9.17, 15) is 9.32 Å². The molecule has 0 spiro atoms. The SMILES string of the molecule is C[C@H](O)c1ccc(S(=O)c2cc(Cl)c3oc4c(c3c2)CNCC4)cc1. The molecule has 2 N–H and O–H groups in total. The summed E-state index contributed by atoms with van der Waals surface area (Å²) in [4.78, 5) is 1.33. The number of furan rings is 1. The van der Waals surface area contributed by atoms with Crippen LogP contribution < -0.4 is 5.32 Å². The predicted molar refractivity (Wildman–Crippen MR) is 98.4 cm³/mol. The van der Waals surface area contributed by atoms with Crippen molar-refractivity contribution in [3.8, 4) is 0 Å². The Morgan fingerprint density at radius 1 is 1.24 bits per heavy atom. The number of aliphatic hydroxyl groups excluding tert-OH is 1. The second-order valence-corrected chi connectivity index (χ2v) is 8.11. The summed E-state index contributed by atoms with van der Waals surface area (Å²) < 4.78 is 18.9. The lowest BCUT2D eigenvalue weighted by Gasteiger charge is -2.11. The van der Waals surface area contributed by atoms with Gasteiger partial charge in [-0.3, -0.25) is 0 Å². The van der Waals surface area contributed by atoms with E-state index >= 15 is 0 Å². The lowest BCUT2D eigenvalue weighted by Crippen LogP contribution is -2.22. The van der Waals surface area contributed by atoms with Crippen LogP contribution in [0.4, 0.5) is 0 Å². The molecule has 2 atom stereocenters. The van der Waals surface area contributed by atoms with Gasteiger partial charge in [0.1, 0.15) is 5.76 Å². The average molecular weight is 376 g/mol. The Bertz CT molecular complexity index is 963. The lowest BCUT2D eigenvalue weighted by atomic mass is 10.1. The van der Waals surface area contributed by atoms with E-state index in [1.165, 1.54) is 0 Å². The zero-order valence-corrected chi connectivity index (χ0v) is 15.3. The molecule has 3 aromatic rings. The van der Waals surface area contributed by atoms with Crippen LogP contribution in [0.3, 0.4) is 0 Å². The number of aliphatic hydroxyl groups is 1. The second kappa shape index (κ2) is 6.57. The van der Waals surface area contributed by atoms with E-state index in [2.05, 4.69) is 5.32 Å². The highest BCUT2D eigenvalue weighted by atomic mass is 35.5. The van der Waals surface area contributed by atoms with Crippen LogP contribution in [0.1, 0.15) is 29.9 Å². The van der Waals surface area contributed by atoms with Crippen molar-refractivity contribution in [1.82, 2.24) is 5.32 Å². The number of nitrogens with one attached hydrogen (secondary N) is 1. The Hall–Kier alpha value is -1.66. The number of fused-ring (bicyclic) bond motifs is 3. The molecule has 2 aromatic carbocycles. The van der Waals surface area contributed by atoms with E-state index in [-0.39, 0.29) is 0 Å². The highest BCUT2D eigenvalue weighted by molar-refractivity contribution is 7.85. The molecule has 1 aliphatic heterocycles. The Balaban J connectivity index is 1.76. The minimum Gasteiger partial charge on any atom is -0.459 e. The van der Waals surface area contributed by atoms with E-state index in [0.29, 0.717) is 20.4 Å². The molecule has 0 bridgehead atoms. The lowest BCUT2D eigenvalue weighted by molar-refractivity contribution is 0.199. The van der Waals surface area contributed by atoms with Crippen LogP contribution >= 0.6 is 11.6 Å². The molecular weight excluding hydrogens is 358 g/mol. The third-order valence-corrected chi connectivity index (χ3v) is 6.17. The van der Waals surface area contributed by atoms with Gasteiger partial charge in [0.05, 0.1) is 21.9 Å². The monoisotopic (exact) mass is 375 g/mol. The molecule has 1 aromatic heterocycles. The summed E-state index contributed by atoms with van der Waals surface area (Å²) in [5.41, 5.74) is 2.57. The van der Waals surface area contributed by atoms with Crippen molar-refractivity contribution in [3.63, 3.8) is 0 Å². The molecule has 1 unspecified atom stereocenters. The van der Waals surface area contributed by atoms with Crippen molar-refractivity contribution in [1.29, 1.82) is 0 Å². The summed E-state index contributed by atoms with van der Waals surface area (Å²) in [6.45, 7) is 3.33. The van der Waals surface area contributed by atoms with Crippen molar-refractivity contribution < 1.29 is 13.7 Å². The Morgan fingerprint density at radius 3 is 2.72 bits per heavy atom. The van der Waals surface area contributed by atoms with Crippen molar-refractivity contribution >= 4 is 33.4 Å². The summed E-state index contributed by atoms with van der Waals surface area (Å²) in [6, 6.07) is 10.8. The first kappa shape index (κ1) is 16.8. The smallest absolute Gasteiger partial charge is 0.153 e. The van der Waals surface area contributed by atoms with Crippen LogP contribution in [0.15, 0.2) is 50.6 Å². The van der Waals surface area contributed by atoms with Crippen molar-refractivity contribution in [2.45, 2.75) is 35.8 Å². The van der Waals surface area contributed by atoms with Gasteiger partial charge in [0.2, 0.25) is 0 Å². The number of hydrogen-bond acceptors (Lipinski definition) is 4. The van der Waals surface area contributed by atoms with Crippen molar-refractivity contribution in [3.05, 3.63) is 58.3 Å². The first-order valence-corrected chi connectivity index (χ1v) is 9.71. The number of halogens is 1. The largest absolute Gasteiger partial charge is 0.459 e. The standard InChI is InChI=1S/C19H18ClNO3S/c1-11(22)12-2-4-13(5-3-12)25(23)14-8-15-16-10-21-7-6-18(16)24-19(15)17(20)9-14/h2-5,8-9,11,21-22H,6-7,10H2,1H3/t11-,25?/m0/s1. The Kier molecular flexibility index (Phi) is 4.41. The third kappa shape index (κ3) is 3.02. The molecule has 4 rings (SSSR count). The van der Waals surface area contributed by atoms with Gasteiger partial charge in [-0.15, -0.1) is 0 Å². The number of rotatable bonds is 3. The molecule has 25 heavy (non-hydrogen) atoms. The van der Waals surface area contributed by atoms with Crippen LogP contribution in [-0.2, 0) is 23.8 Å². The maximum atomic E-state index is 13.0. The van der Waals surface area contributed by atoms with Gasteiger partial charge in [0.25, 0.3) is 0 Å². The van der Waals surface area contributed by atoms with E-state index in [1.807, 2.05) is 6.07 Å². The highest BCUT2D eigenvalue weighted by Gasteiger charge is 2.21. The zero-order chi connectivity index (χ0) is 17.6. The molecule has 2 heterocycles. The maximum absolute atomic E-state index is 13.0. The minimum atomic E-state index is -1.35. The number of benzene rings is 2. The normalized spacial score (nSPS) is 16.6. The molecule has 0 fully saturated rings. The molecule has 1 aliphatic rings. The fourth-order valence-corrected chi connectivity index (χ4v) is 4.58. The number of hydrogen-bond donors (Lipinski definition) is 2. The third-order valence-electron chi connectivity index (χ3n) is 4.53. The summed E-state index contributed by atoms with van der Waals surface area (Å²) >= 11 is 6.40. The van der Waals surface area contributed by atoms with Gasteiger partial charge in [-0.25, -0.2) is 4.21 Å². The second-order valence-electron chi connectivity index (χ2n) is 6.23. The van der Waals surface area contributed by atoms with Crippen LogP contribution in [0, 0.1) is 0 Å². The molecule has 6 heteroatoms. The van der Waals surface area contributed by atoms with Gasteiger partial charge in [0.15, 0.2) is 5.58 Å². The van der Waals surface area contributed by atoms with Crippen LogP contribution in [0.25, 0.3) is 11.0 Å². The minimum absolute atomic E-state index is 0.482. The van der Waals surface area contributed by atoms with E-state index < -0.39 is 16.9 Å². The topological polar surface area (TPSA) is 62.5 Å². The molecule has 0 saturated heterocycles. The Labute approximate surface area is 153 Å². The van der Waals surface area contributed by atoms with Gasteiger partial charge in [-0.2, -0.15) is 0 Å². The molecule has 0 aliphatic carbocycles. The van der Waals surface area contributed by atoms with Gasteiger partial charge in [-0.1, -0.05) is 23.7 Å². The molecule has 0 amide bonds. The summed E-state index contributed by atoms with van der Waals surface area (Å²) in [6.07, 6.45) is 0.290. The molecule has 0 radical (unpaired) electrons. The van der Waals surface area contributed by atoms with Gasteiger partial charge >= 0.3 is 0 Å². The molecule has 130 valence electrons. The summed E-state index contributed by atoms with van der Waals surface area (Å²) in [7, 11) is -1.35. The quantitative estimate of drug-likeness (QED) is 0.727. The molecule has 4 nitrogen and oxygen atoms in total. The fraction of sp³-hybridized carbons (Fsp3) is 0.263. The van der Waals surface area contributed by atoms with Crippen LogP contribution in [0.2, 0.25) is 5.02 Å². The van der Waals surface area contributed by atoms with Gasteiger partial charge in [0, 0.05) is 40.3 Å². The Morgan fingerprint density at radius 2 is 2.00 bits per heavy atom. The summed E-state index contributed by atoms with van der Waals surface area (Å²) in [5, 5.41) is 14.3. The van der Waals surface area contributed by atoms with Gasteiger partial charge < -0.3 is 14.8 Å². The van der Waals surface area contributed by atoms with Gasteiger partial charge in [-0.05, 0) is 36.8 Å². The van der Waals surface area contributed by atoms with Crippen LogP contribution in [-0.4, -0.2) is 15.9 Å². The van der Waals surface area contributed by atoms with Crippen LogP contribution in [0.5, 0.6) is 0 Å². The highest BCUT2D eigenvalue weighted by Crippen LogP contribution is 2.35. The zero-order valence-electron chi connectivity index (χ0n) is 13.7. The summed E-state index contributed by atoms with van der Waals surface area (Å²) in [5.74, 6) is 0.958. The molecular formula is C19H18ClNO3S. The average Bonchev–Trinajstić information content (AvgIpc) is 3.00. The van der Waals surface area contributed by atoms with Crippen molar-refractivity contribution in [2.75, 3.05) is 6.54 Å². The fourth-order valence-electron chi connectivity index (χ4n) is 3.16. The molecule has 0 saturated carbocycles. The maximum Gasteiger partial charge on any atom is 0.153 e. The first-order valence-electron chi connectivity index (χ1n) is 8.19. The first-order chi connectivity index (χ1) is 12.0. The predicted octanol–water partition coefficient (Wildman–Crippen LogP) is 3.95.